The summed E-state index contributed by atoms with van der Waals surface area (Å²) in [5, 5.41) is 6.93. The second kappa shape index (κ2) is 5.67. The van der Waals surface area contributed by atoms with Gasteiger partial charge in [-0.2, -0.15) is 9.40 Å². The lowest BCUT2D eigenvalue weighted by Crippen LogP contribution is -2.48. The van der Waals surface area contributed by atoms with Gasteiger partial charge in [-0.1, -0.05) is 11.6 Å². The van der Waals surface area contributed by atoms with Crippen LogP contribution in [0, 0.1) is 0 Å². The van der Waals surface area contributed by atoms with Crippen LogP contribution in [0.2, 0.25) is 5.02 Å². The first-order valence-corrected chi connectivity index (χ1v) is 8.38. The van der Waals surface area contributed by atoms with Crippen molar-refractivity contribution in [3.8, 4) is 0 Å². The third-order valence-electron chi connectivity index (χ3n) is 3.54. The van der Waals surface area contributed by atoms with Crippen LogP contribution in [0.25, 0.3) is 0 Å². The summed E-state index contributed by atoms with van der Waals surface area (Å²) in [6.45, 7) is 2.21. The fraction of sp³-hybridized carbons (Fsp3) is 0.308. The molecule has 112 valence electrons. The normalized spacial score (nSPS) is 17.1. The summed E-state index contributed by atoms with van der Waals surface area (Å²) in [6.07, 6.45) is 2.74. The molecule has 1 aliphatic rings. The Bertz CT molecular complexity index is 692. The molecule has 21 heavy (non-hydrogen) atoms. The van der Waals surface area contributed by atoms with Gasteiger partial charge in [0.05, 0.1) is 6.20 Å². The molecule has 0 atom stereocenters. The molecule has 0 saturated carbocycles. The molecular weight excluding hydrogens is 312 g/mol. The number of aromatic nitrogens is 2. The Morgan fingerprint density at radius 3 is 2.33 bits per heavy atom. The molecule has 8 heteroatoms. The van der Waals surface area contributed by atoms with Gasteiger partial charge in [0.25, 0.3) is 0 Å². The second-order valence-electron chi connectivity index (χ2n) is 4.80. The predicted molar refractivity (Wildman–Crippen MR) is 81.0 cm³/mol. The van der Waals surface area contributed by atoms with Crippen molar-refractivity contribution in [2.24, 2.45) is 0 Å². The van der Waals surface area contributed by atoms with Gasteiger partial charge >= 0.3 is 0 Å². The maximum Gasteiger partial charge on any atom is 0.246 e. The topological polar surface area (TPSA) is 69.3 Å². The highest BCUT2D eigenvalue weighted by molar-refractivity contribution is 7.89. The van der Waals surface area contributed by atoms with Crippen molar-refractivity contribution in [1.82, 2.24) is 14.5 Å². The van der Waals surface area contributed by atoms with E-state index < -0.39 is 10.0 Å². The van der Waals surface area contributed by atoms with Crippen LogP contribution in [0.3, 0.4) is 0 Å². The second-order valence-corrected chi connectivity index (χ2v) is 7.18. The molecular formula is C13H15ClN4O2S. The fourth-order valence-corrected chi connectivity index (χ4v) is 3.82. The zero-order valence-corrected chi connectivity index (χ0v) is 12.8. The van der Waals surface area contributed by atoms with Crippen LogP contribution >= 0.6 is 11.6 Å². The van der Waals surface area contributed by atoms with E-state index in [0.717, 1.165) is 5.69 Å². The highest BCUT2D eigenvalue weighted by atomic mass is 35.5. The molecule has 1 saturated heterocycles. The van der Waals surface area contributed by atoms with Crippen molar-refractivity contribution in [3.05, 3.63) is 41.7 Å². The van der Waals surface area contributed by atoms with Crippen LogP contribution in [-0.2, 0) is 10.0 Å². The van der Waals surface area contributed by atoms with Crippen molar-refractivity contribution >= 4 is 27.3 Å². The lowest BCUT2D eigenvalue weighted by atomic mass is 10.2. The van der Waals surface area contributed by atoms with Crippen LogP contribution < -0.4 is 4.90 Å². The molecule has 1 fully saturated rings. The average Bonchev–Trinajstić information content (AvgIpc) is 3.03. The Hall–Kier alpha value is -1.57. The first kappa shape index (κ1) is 14.4. The van der Waals surface area contributed by atoms with Crippen LogP contribution in [0.4, 0.5) is 5.69 Å². The van der Waals surface area contributed by atoms with Gasteiger partial charge in [0.2, 0.25) is 10.0 Å². The van der Waals surface area contributed by atoms with E-state index in [4.69, 9.17) is 11.6 Å². The van der Waals surface area contributed by atoms with Gasteiger partial charge in [-0.15, -0.1) is 0 Å². The lowest BCUT2D eigenvalue weighted by Gasteiger charge is -2.35. The lowest BCUT2D eigenvalue weighted by molar-refractivity contribution is 0.385. The Morgan fingerprint density at radius 2 is 1.76 bits per heavy atom. The van der Waals surface area contributed by atoms with Crippen LogP contribution in [-0.4, -0.2) is 49.1 Å². The van der Waals surface area contributed by atoms with E-state index in [1.165, 1.54) is 16.7 Å². The minimum absolute atomic E-state index is 0.211. The first-order chi connectivity index (χ1) is 10.1. The third-order valence-corrected chi connectivity index (χ3v) is 5.66. The van der Waals surface area contributed by atoms with E-state index in [1.807, 2.05) is 24.3 Å². The van der Waals surface area contributed by atoms with Gasteiger partial charge in [-0.3, -0.25) is 5.10 Å². The molecule has 1 aromatic carbocycles. The molecule has 0 unspecified atom stereocenters. The molecule has 1 aliphatic heterocycles. The molecule has 2 aromatic rings. The van der Waals surface area contributed by atoms with E-state index in [9.17, 15) is 8.42 Å². The van der Waals surface area contributed by atoms with E-state index in [2.05, 4.69) is 15.1 Å². The molecule has 0 radical (unpaired) electrons. The number of nitrogens with zero attached hydrogens (tertiary/aromatic N) is 3. The Labute approximate surface area is 128 Å². The zero-order chi connectivity index (χ0) is 14.9. The van der Waals surface area contributed by atoms with Gasteiger partial charge in [0.15, 0.2) is 0 Å². The SMILES string of the molecule is O=S(=O)(c1cn[nH]c1)N1CCN(c2ccc(Cl)cc2)CC1. The average molecular weight is 327 g/mol. The Balaban J connectivity index is 1.69. The summed E-state index contributed by atoms with van der Waals surface area (Å²) in [6, 6.07) is 7.57. The quantitative estimate of drug-likeness (QED) is 0.929. The number of sulfonamides is 1. The number of nitrogens with one attached hydrogen (secondary N) is 1. The van der Waals surface area contributed by atoms with Crippen molar-refractivity contribution < 1.29 is 8.42 Å². The summed E-state index contributed by atoms with van der Waals surface area (Å²) in [5.41, 5.74) is 1.06. The zero-order valence-electron chi connectivity index (χ0n) is 11.2. The molecule has 2 heterocycles. The highest BCUT2D eigenvalue weighted by Gasteiger charge is 2.29. The summed E-state index contributed by atoms with van der Waals surface area (Å²) in [5.74, 6) is 0. The standard InChI is InChI=1S/C13H15ClN4O2S/c14-11-1-3-12(4-2-11)17-5-7-18(8-6-17)21(19,20)13-9-15-16-10-13/h1-4,9-10H,5-8H2,(H,15,16). The minimum Gasteiger partial charge on any atom is -0.369 e. The summed E-state index contributed by atoms with van der Waals surface area (Å²) in [7, 11) is -3.44. The molecule has 0 aliphatic carbocycles. The maximum atomic E-state index is 12.4. The molecule has 3 rings (SSSR count). The van der Waals surface area contributed by atoms with Crippen molar-refractivity contribution in [2.45, 2.75) is 4.90 Å². The van der Waals surface area contributed by atoms with Gasteiger partial charge < -0.3 is 4.90 Å². The van der Waals surface area contributed by atoms with Crippen LogP contribution in [0.5, 0.6) is 0 Å². The van der Waals surface area contributed by atoms with Crippen molar-refractivity contribution in [3.63, 3.8) is 0 Å². The van der Waals surface area contributed by atoms with Gasteiger partial charge in [-0.25, -0.2) is 8.42 Å². The van der Waals surface area contributed by atoms with E-state index in [1.54, 1.807) is 0 Å². The fourth-order valence-electron chi connectivity index (χ4n) is 2.37. The number of hydrogen-bond acceptors (Lipinski definition) is 4. The number of anilines is 1. The monoisotopic (exact) mass is 326 g/mol. The molecule has 0 amide bonds. The number of rotatable bonds is 3. The molecule has 0 spiro atoms. The van der Waals surface area contributed by atoms with Crippen LogP contribution in [0.15, 0.2) is 41.6 Å². The summed E-state index contributed by atoms with van der Waals surface area (Å²) < 4.78 is 26.2. The maximum absolute atomic E-state index is 12.4. The number of benzene rings is 1. The van der Waals surface area contributed by atoms with Gasteiger partial charge in [0, 0.05) is 43.1 Å². The predicted octanol–water partition coefficient (Wildman–Crippen LogP) is 1.57. The third kappa shape index (κ3) is 2.90. The molecule has 6 nitrogen and oxygen atoms in total. The number of halogens is 1. The van der Waals surface area contributed by atoms with Crippen molar-refractivity contribution in [2.75, 3.05) is 31.1 Å². The minimum atomic E-state index is -3.44. The van der Waals surface area contributed by atoms with E-state index in [-0.39, 0.29) is 4.90 Å². The summed E-state index contributed by atoms with van der Waals surface area (Å²) in [4.78, 5) is 2.36. The van der Waals surface area contributed by atoms with Crippen LogP contribution in [0.1, 0.15) is 0 Å². The molecule has 0 bridgehead atoms. The van der Waals surface area contributed by atoms with Gasteiger partial charge in [-0.05, 0) is 24.3 Å². The van der Waals surface area contributed by atoms with E-state index in [0.29, 0.717) is 31.2 Å². The first-order valence-electron chi connectivity index (χ1n) is 6.57. The number of piperazine rings is 1. The Morgan fingerprint density at radius 1 is 1.10 bits per heavy atom. The number of H-pyrrole nitrogens is 1. The smallest absolute Gasteiger partial charge is 0.246 e. The molecule has 1 aromatic heterocycles. The number of aromatic amines is 1. The largest absolute Gasteiger partial charge is 0.369 e. The number of hydrogen-bond donors (Lipinski definition) is 1. The highest BCUT2D eigenvalue weighted by Crippen LogP contribution is 2.22. The van der Waals surface area contributed by atoms with E-state index >= 15 is 0 Å². The Kier molecular flexibility index (Phi) is 3.88. The van der Waals surface area contributed by atoms with Gasteiger partial charge in [0.1, 0.15) is 4.90 Å². The molecule has 1 N–H and O–H groups in total. The summed E-state index contributed by atoms with van der Waals surface area (Å²) >= 11 is 5.88. The van der Waals surface area contributed by atoms with Crippen molar-refractivity contribution in [1.29, 1.82) is 0 Å².